The minimum absolute atomic E-state index is 0.0525. The van der Waals surface area contributed by atoms with E-state index in [4.69, 9.17) is 4.74 Å². The summed E-state index contributed by atoms with van der Waals surface area (Å²) in [5.41, 5.74) is 0. The number of nitrogens with zero attached hydrogens (tertiary/aromatic N) is 2. The molecule has 2 amide bonds. The van der Waals surface area contributed by atoms with Gasteiger partial charge in [0.05, 0.1) is 19.3 Å². The summed E-state index contributed by atoms with van der Waals surface area (Å²) in [6.45, 7) is 1.17. The van der Waals surface area contributed by atoms with Crippen molar-refractivity contribution in [3.63, 3.8) is 0 Å². The number of rotatable bonds is 6. The second kappa shape index (κ2) is 8.12. The zero-order chi connectivity index (χ0) is 14.3. The van der Waals surface area contributed by atoms with Crippen LogP contribution in [0.1, 0.15) is 25.7 Å². The summed E-state index contributed by atoms with van der Waals surface area (Å²) in [5.74, 6) is -0.0953. The Kier molecular flexibility index (Phi) is 6.80. The van der Waals surface area contributed by atoms with E-state index in [1.807, 2.05) is 0 Å². The van der Waals surface area contributed by atoms with Crippen molar-refractivity contribution in [2.24, 2.45) is 0 Å². The van der Waals surface area contributed by atoms with Crippen molar-refractivity contribution >= 4 is 11.8 Å². The molecule has 1 rings (SSSR count). The number of hydrogen-bond acceptors (Lipinski definition) is 4. The molecule has 0 radical (unpaired) electrons. The largest absolute Gasteiger partial charge is 0.389 e. The Morgan fingerprint density at radius 3 is 2.89 bits per heavy atom. The zero-order valence-corrected chi connectivity index (χ0v) is 11.8. The summed E-state index contributed by atoms with van der Waals surface area (Å²) < 4.78 is 4.82. The zero-order valence-electron chi connectivity index (χ0n) is 11.8. The Morgan fingerprint density at radius 2 is 2.21 bits per heavy atom. The molecule has 19 heavy (non-hydrogen) atoms. The van der Waals surface area contributed by atoms with Crippen LogP contribution in [0.15, 0.2) is 0 Å². The molecule has 110 valence electrons. The normalized spacial score (nSPS) is 18.1. The minimum atomic E-state index is -0.696. The van der Waals surface area contributed by atoms with Gasteiger partial charge in [-0.2, -0.15) is 0 Å². The van der Waals surface area contributed by atoms with E-state index in [1.54, 1.807) is 11.9 Å². The third-order valence-electron chi connectivity index (χ3n) is 3.27. The molecular formula is C13H24N2O4. The van der Waals surface area contributed by atoms with E-state index in [0.717, 1.165) is 19.3 Å². The molecule has 0 saturated carbocycles. The Bertz CT molecular complexity index is 309. The minimum Gasteiger partial charge on any atom is -0.389 e. The molecule has 0 aromatic heterocycles. The standard InChI is InChI=1S/C13H24N2O4/c1-14(8-11(16)10-19-2)13(18)9-15-7-5-3-4-6-12(15)17/h11,16H,3-10H2,1-2H3. The topological polar surface area (TPSA) is 70.1 Å². The smallest absolute Gasteiger partial charge is 0.242 e. The number of carbonyl (C=O) groups excluding carboxylic acids is 2. The van der Waals surface area contributed by atoms with Gasteiger partial charge in [0.1, 0.15) is 0 Å². The molecule has 1 atom stereocenters. The van der Waals surface area contributed by atoms with Gasteiger partial charge in [0, 0.05) is 33.7 Å². The first-order valence-electron chi connectivity index (χ1n) is 6.73. The number of ether oxygens (including phenoxy) is 1. The lowest BCUT2D eigenvalue weighted by atomic mass is 10.2. The fourth-order valence-corrected chi connectivity index (χ4v) is 2.15. The van der Waals surface area contributed by atoms with Crippen LogP contribution in [0.25, 0.3) is 0 Å². The van der Waals surface area contributed by atoms with Crippen molar-refractivity contribution < 1.29 is 19.4 Å². The van der Waals surface area contributed by atoms with E-state index in [0.29, 0.717) is 13.0 Å². The fraction of sp³-hybridized carbons (Fsp3) is 0.846. The number of aliphatic hydroxyl groups excluding tert-OH is 1. The molecule has 6 nitrogen and oxygen atoms in total. The number of likely N-dealkylation sites (N-methyl/N-ethyl adjacent to an activating group) is 1. The number of likely N-dealkylation sites (tertiary alicyclic amines) is 1. The highest BCUT2D eigenvalue weighted by atomic mass is 16.5. The third-order valence-corrected chi connectivity index (χ3v) is 3.27. The van der Waals surface area contributed by atoms with Gasteiger partial charge < -0.3 is 19.6 Å². The number of hydrogen-bond donors (Lipinski definition) is 1. The Morgan fingerprint density at radius 1 is 1.47 bits per heavy atom. The van der Waals surface area contributed by atoms with Crippen LogP contribution in [0.5, 0.6) is 0 Å². The van der Waals surface area contributed by atoms with Crippen LogP contribution in [-0.2, 0) is 14.3 Å². The summed E-state index contributed by atoms with van der Waals surface area (Å²) in [6, 6.07) is 0. The van der Waals surface area contributed by atoms with Crippen LogP contribution >= 0.6 is 0 Å². The molecule has 1 aliphatic heterocycles. The van der Waals surface area contributed by atoms with Gasteiger partial charge in [-0.3, -0.25) is 9.59 Å². The number of amides is 2. The van der Waals surface area contributed by atoms with Crippen molar-refractivity contribution in [3.8, 4) is 0 Å². The number of methoxy groups -OCH3 is 1. The van der Waals surface area contributed by atoms with Crippen molar-refractivity contribution in [1.29, 1.82) is 0 Å². The predicted octanol–water partition coefficient (Wildman–Crippen LogP) is -0.145. The maximum atomic E-state index is 12.0. The number of aliphatic hydroxyl groups is 1. The van der Waals surface area contributed by atoms with Crippen molar-refractivity contribution in [2.45, 2.75) is 31.8 Å². The van der Waals surface area contributed by atoms with Crippen molar-refractivity contribution in [1.82, 2.24) is 9.80 Å². The summed E-state index contributed by atoms with van der Waals surface area (Å²) in [5, 5.41) is 9.57. The maximum Gasteiger partial charge on any atom is 0.242 e. The highest BCUT2D eigenvalue weighted by Crippen LogP contribution is 2.11. The average molecular weight is 272 g/mol. The number of carbonyl (C=O) groups is 2. The molecule has 1 N–H and O–H groups in total. The first-order chi connectivity index (χ1) is 9.04. The van der Waals surface area contributed by atoms with E-state index >= 15 is 0 Å². The predicted molar refractivity (Wildman–Crippen MR) is 70.6 cm³/mol. The summed E-state index contributed by atoms with van der Waals surface area (Å²) in [6.07, 6.45) is 2.74. The van der Waals surface area contributed by atoms with Gasteiger partial charge in [-0.1, -0.05) is 6.42 Å². The van der Waals surface area contributed by atoms with Crippen LogP contribution < -0.4 is 0 Å². The monoisotopic (exact) mass is 272 g/mol. The second-order valence-corrected chi connectivity index (χ2v) is 5.01. The van der Waals surface area contributed by atoms with Gasteiger partial charge in [-0.15, -0.1) is 0 Å². The molecule has 1 heterocycles. The van der Waals surface area contributed by atoms with Gasteiger partial charge in [0.15, 0.2) is 0 Å². The van der Waals surface area contributed by atoms with Crippen LogP contribution in [0.2, 0.25) is 0 Å². The molecule has 1 unspecified atom stereocenters. The average Bonchev–Trinajstić information content (AvgIpc) is 2.55. The van der Waals surface area contributed by atoms with Crippen LogP contribution in [0, 0.1) is 0 Å². The van der Waals surface area contributed by atoms with Gasteiger partial charge in [-0.05, 0) is 12.8 Å². The van der Waals surface area contributed by atoms with Crippen LogP contribution in [0.4, 0.5) is 0 Å². The highest BCUT2D eigenvalue weighted by Gasteiger charge is 2.21. The van der Waals surface area contributed by atoms with Crippen molar-refractivity contribution in [2.75, 3.05) is 40.4 Å². The molecule has 0 bridgehead atoms. The Balaban J connectivity index is 2.41. The molecule has 6 heteroatoms. The van der Waals surface area contributed by atoms with Crippen LogP contribution in [-0.4, -0.2) is 73.2 Å². The summed E-state index contributed by atoms with van der Waals surface area (Å²) in [4.78, 5) is 26.8. The van der Waals surface area contributed by atoms with Crippen LogP contribution in [0.3, 0.4) is 0 Å². The first kappa shape index (κ1) is 15.9. The van der Waals surface area contributed by atoms with Gasteiger partial charge in [0.2, 0.25) is 11.8 Å². The summed E-state index contributed by atoms with van der Waals surface area (Å²) in [7, 11) is 3.13. The SMILES string of the molecule is COCC(O)CN(C)C(=O)CN1CCCCCC1=O. The van der Waals surface area contributed by atoms with E-state index in [9.17, 15) is 14.7 Å². The summed E-state index contributed by atoms with van der Waals surface area (Å²) >= 11 is 0. The van der Waals surface area contributed by atoms with Gasteiger partial charge >= 0.3 is 0 Å². The molecule has 1 saturated heterocycles. The Labute approximate surface area is 114 Å². The van der Waals surface area contributed by atoms with E-state index < -0.39 is 6.10 Å². The lowest BCUT2D eigenvalue weighted by Gasteiger charge is -2.25. The first-order valence-corrected chi connectivity index (χ1v) is 6.73. The molecule has 0 aliphatic carbocycles. The molecule has 0 aromatic rings. The maximum absolute atomic E-state index is 12.0. The molecule has 1 fully saturated rings. The fourth-order valence-electron chi connectivity index (χ4n) is 2.15. The molecule has 0 spiro atoms. The molecule has 1 aliphatic rings. The lowest BCUT2D eigenvalue weighted by molar-refractivity contribution is -0.140. The third kappa shape index (κ3) is 5.57. The molecule has 0 aromatic carbocycles. The Hall–Kier alpha value is -1.14. The van der Waals surface area contributed by atoms with E-state index in [-0.39, 0.29) is 31.5 Å². The highest BCUT2D eigenvalue weighted by molar-refractivity contribution is 5.84. The van der Waals surface area contributed by atoms with Gasteiger partial charge in [0.25, 0.3) is 0 Å². The van der Waals surface area contributed by atoms with Crippen molar-refractivity contribution in [3.05, 3.63) is 0 Å². The van der Waals surface area contributed by atoms with E-state index in [2.05, 4.69) is 0 Å². The second-order valence-electron chi connectivity index (χ2n) is 5.01. The lowest BCUT2D eigenvalue weighted by Crippen LogP contribution is -2.44. The van der Waals surface area contributed by atoms with E-state index in [1.165, 1.54) is 12.0 Å². The van der Waals surface area contributed by atoms with Gasteiger partial charge in [-0.25, -0.2) is 0 Å². The molecular weight excluding hydrogens is 248 g/mol. The quantitative estimate of drug-likeness (QED) is 0.730.